The first-order valence-corrected chi connectivity index (χ1v) is 7.32. The highest BCUT2D eigenvalue weighted by Crippen LogP contribution is 2.27. The summed E-state index contributed by atoms with van der Waals surface area (Å²) in [4.78, 5) is 14.6. The summed E-state index contributed by atoms with van der Waals surface area (Å²) in [5.41, 5.74) is 1.35. The average molecular weight is 297 g/mol. The molecular formula is C15H15N5O2. The SMILES string of the molecule is O=C(c1coc2ccccc12)N1CCC[C@H](c2nn[nH]n2)C1. The second-order valence-electron chi connectivity index (χ2n) is 5.51. The van der Waals surface area contributed by atoms with Crippen molar-refractivity contribution in [2.75, 3.05) is 13.1 Å². The van der Waals surface area contributed by atoms with Gasteiger partial charge in [-0.15, -0.1) is 10.2 Å². The van der Waals surface area contributed by atoms with Crippen molar-refractivity contribution < 1.29 is 9.21 Å². The normalized spacial score (nSPS) is 18.7. The number of H-pyrrole nitrogens is 1. The number of aromatic nitrogens is 4. The third-order valence-corrected chi connectivity index (χ3v) is 4.15. The molecule has 0 radical (unpaired) electrons. The summed E-state index contributed by atoms with van der Waals surface area (Å²) in [7, 11) is 0. The Bertz CT molecular complexity index is 795. The van der Waals surface area contributed by atoms with Crippen LogP contribution >= 0.6 is 0 Å². The number of piperidine rings is 1. The van der Waals surface area contributed by atoms with Gasteiger partial charge in [0.25, 0.3) is 5.91 Å². The maximum absolute atomic E-state index is 12.8. The number of likely N-dealkylation sites (tertiary alicyclic amines) is 1. The Morgan fingerprint density at radius 1 is 1.36 bits per heavy atom. The molecular weight excluding hydrogens is 282 g/mol. The van der Waals surface area contributed by atoms with Crippen LogP contribution in [0.4, 0.5) is 0 Å². The van der Waals surface area contributed by atoms with Crippen LogP contribution in [-0.4, -0.2) is 44.5 Å². The highest BCUT2D eigenvalue weighted by molar-refractivity contribution is 6.05. The second-order valence-corrected chi connectivity index (χ2v) is 5.51. The number of para-hydroxylation sites is 1. The van der Waals surface area contributed by atoms with Gasteiger partial charge in [0.05, 0.1) is 5.56 Å². The van der Waals surface area contributed by atoms with Gasteiger partial charge < -0.3 is 9.32 Å². The Kier molecular flexibility index (Phi) is 3.10. The summed E-state index contributed by atoms with van der Waals surface area (Å²) in [6, 6.07) is 7.58. The fourth-order valence-electron chi connectivity index (χ4n) is 3.03. The van der Waals surface area contributed by atoms with E-state index in [9.17, 15) is 4.79 Å². The highest BCUT2D eigenvalue weighted by Gasteiger charge is 2.29. The van der Waals surface area contributed by atoms with E-state index < -0.39 is 0 Å². The lowest BCUT2D eigenvalue weighted by atomic mass is 9.97. The fraction of sp³-hybridized carbons (Fsp3) is 0.333. The van der Waals surface area contributed by atoms with Crippen LogP contribution < -0.4 is 0 Å². The number of nitrogens with zero attached hydrogens (tertiary/aromatic N) is 4. The van der Waals surface area contributed by atoms with Gasteiger partial charge in [0.15, 0.2) is 5.82 Å². The van der Waals surface area contributed by atoms with Crippen LogP contribution in [-0.2, 0) is 0 Å². The summed E-state index contributed by atoms with van der Waals surface area (Å²) in [5, 5.41) is 15.0. The minimum atomic E-state index is -0.00172. The first-order chi connectivity index (χ1) is 10.8. The van der Waals surface area contributed by atoms with Crippen molar-refractivity contribution in [3.63, 3.8) is 0 Å². The van der Waals surface area contributed by atoms with Crippen LogP contribution in [0.3, 0.4) is 0 Å². The Labute approximate surface area is 126 Å². The molecule has 1 aliphatic heterocycles. The highest BCUT2D eigenvalue weighted by atomic mass is 16.3. The fourth-order valence-corrected chi connectivity index (χ4v) is 3.03. The number of furan rings is 1. The second kappa shape index (κ2) is 5.25. The summed E-state index contributed by atoms with van der Waals surface area (Å²) < 4.78 is 5.47. The van der Waals surface area contributed by atoms with E-state index in [1.54, 1.807) is 6.26 Å². The van der Waals surface area contributed by atoms with E-state index in [1.807, 2.05) is 29.2 Å². The van der Waals surface area contributed by atoms with E-state index in [0.717, 1.165) is 30.4 Å². The van der Waals surface area contributed by atoms with Crippen LogP contribution in [0.25, 0.3) is 11.0 Å². The van der Waals surface area contributed by atoms with E-state index >= 15 is 0 Å². The Morgan fingerprint density at radius 2 is 2.27 bits per heavy atom. The Hall–Kier alpha value is -2.70. The standard InChI is InChI=1S/C15H15N5O2/c21-15(12-9-22-13-6-2-1-5-11(12)13)20-7-3-4-10(8-20)14-16-18-19-17-14/h1-2,5-6,9-10H,3-4,7-8H2,(H,16,17,18,19)/t10-/m0/s1. The molecule has 0 spiro atoms. The molecule has 0 unspecified atom stereocenters. The molecule has 0 saturated carbocycles. The predicted molar refractivity (Wildman–Crippen MR) is 78.3 cm³/mol. The topological polar surface area (TPSA) is 87.9 Å². The molecule has 112 valence electrons. The number of carbonyl (C=O) groups is 1. The smallest absolute Gasteiger partial charge is 0.257 e. The van der Waals surface area contributed by atoms with Crippen molar-refractivity contribution in [3.8, 4) is 0 Å². The van der Waals surface area contributed by atoms with E-state index in [-0.39, 0.29) is 11.8 Å². The number of fused-ring (bicyclic) bond motifs is 1. The molecule has 1 aliphatic rings. The zero-order valence-corrected chi connectivity index (χ0v) is 11.9. The molecule has 22 heavy (non-hydrogen) atoms. The number of amides is 1. The zero-order chi connectivity index (χ0) is 14.9. The van der Waals surface area contributed by atoms with Crippen molar-refractivity contribution in [2.24, 2.45) is 0 Å². The van der Waals surface area contributed by atoms with Gasteiger partial charge in [-0.25, -0.2) is 0 Å². The maximum atomic E-state index is 12.8. The Balaban J connectivity index is 1.60. The lowest BCUT2D eigenvalue weighted by Gasteiger charge is -2.31. The van der Waals surface area contributed by atoms with Crippen molar-refractivity contribution in [2.45, 2.75) is 18.8 Å². The zero-order valence-electron chi connectivity index (χ0n) is 11.9. The third-order valence-electron chi connectivity index (χ3n) is 4.15. The molecule has 3 heterocycles. The van der Waals surface area contributed by atoms with Crippen LogP contribution in [0.1, 0.15) is 34.9 Å². The molecule has 7 nitrogen and oxygen atoms in total. The predicted octanol–water partition coefficient (Wildman–Crippen LogP) is 1.97. The lowest BCUT2D eigenvalue weighted by molar-refractivity contribution is 0.0705. The molecule has 4 rings (SSSR count). The van der Waals surface area contributed by atoms with E-state index in [1.165, 1.54) is 0 Å². The minimum absolute atomic E-state index is 0.00172. The van der Waals surface area contributed by atoms with Crippen molar-refractivity contribution in [1.82, 2.24) is 25.5 Å². The first-order valence-electron chi connectivity index (χ1n) is 7.32. The number of nitrogens with one attached hydrogen (secondary N) is 1. The summed E-state index contributed by atoms with van der Waals surface area (Å²) in [6.45, 7) is 1.35. The molecule has 7 heteroatoms. The molecule has 0 aliphatic carbocycles. The number of hydrogen-bond acceptors (Lipinski definition) is 5. The van der Waals surface area contributed by atoms with Gasteiger partial charge in [-0.1, -0.05) is 23.4 Å². The average Bonchev–Trinajstić information content (AvgIpc) is 3.24. The maximum Gasteiger partial charge on any atom is 0.257 e. The summed E-state index contributed by atoms with van der Waals surface area (Å²) in [6.07, 6.45) is 3.45. The minimum Gasteiger partial charge on any atom is -0.463 e. The molecule has 2 aromatic heterocycles. The number of aromatic amines is 1. The van der Waals surface area contributed by atoms with Crippen LogP contribution in [0.15, 0.2) is 34.9 Å². The van der Waals surface area contributed by atoms with Crippen LogP contribution in [0.5, 0.6) is 0 Å². The van der Waals surface area contributed by atoms with Gasteiger partial charge in [0, 0.05) is 24.4 Å². The number of benzene rings is 1. The van der Waals surface area contributed by atoms with Gasteiger partial charge in [0.1, 0.15) is 11.8 Å². The van der Waals surface area contributed by atoms with Gasteiger partial charge in [0.2, 0.25) is 0 Å². The molecule has 3 aromatic rings. The van der Waals surface area contributed by atoms with Crippen LogP contribution in [0.2, 0.25) is 0 Å². The van der Waals surface area contributed by atoms with Crippen molar-refractivity contribution in [1.29, 1.82) is 0 Å². The van der Waals surface area contributed by atoms with Crippen molar-refractivity contribution in [3.05, 3.63) is 41.9 Å². The molecule has 1 amide bonds. The van der Waals surface area contributed by atoms with E-state index in [4.69, 9.17) is 4.42 Å². The number of hydrogen-bond donors (Lipinski definition) is 1. The van der Waals surface area contributed by atoms with Crippen molar-refractivity contribution >= 4 is 16.9 Å². The summed E-state index contributed by atoms with van der Waals surface area (Å²) >= 11 is 0. The molecule has 1 fully saturated rings. The number of carbonyl (C=O) groups excluding carboxylic acids is 1. The monoisotopic (exact) mass is 297 g/mol. The number of tetrazole rings is 1. The van der Waals surface area contributed by atoms with Gasteiger partial charge in [-0.3, -0.25) is 4.79 Å². The third kappa shape index (κ3) is 2.14. The van der Waals surface area contributed by atoms with Crippen LogP contribution in [0, 0.1) is 0 Å². The van der Waals surface area contributed by atoms with E-state index in [2.05, 4.69) is 20.6 Å². The number of rotatable bonds is 2. The largest absolute Gasteiger partial charge is 0.463 e. The molecule has 1 atom stereocenters. The Morgan fingerprint density at radius 3 is 3.14 bits per heavy atom. The molecule has 1 aromatic carbocycles. The van der Waals surface area contributed by atoms with Gasteiger partial charge >= 0.3 is 0 Å². The van der Waals surface area contributed by atoms with Gasteiger partial charge in [-0.2, -0.15) is 5.21 Å². The first kappa shape index (κ1) is 13.0. The molecule has 1 saturated heterocycles. The molecule has 0 bridgehead atoms. The van der Waals surface area contributed by atoms with E-state index in [0.29, 0.717) is 17.9 Å². The quantitative estimate of drug-likeness (QED) is 0.781. The lowest BCUT2D eigenvalue weighted by Crippen LogP contribution is -2.39. The van der Waals surface area contributed by atoms with Gasteiger partial charge in [-0.05, 0) is 18.9 Å². The molecule has 1 N–H and O–H groups in total. The summed E-state index contributed by atoms with van der Waals surface area (Å²) in [5.74, 6) is 0.808.